The number of nitrogens with zero attached hydrogens (tertiary/aromatic N) is 3. The van der Waals surface area contributed by atoms with Crippen molar-refractivity contribution in [2.24, 2.45) is 5.14 Å². The van der Waals surface area contributed by atoms with Gasteiger partial charge in [0.25, 0.3) is 0 Å². The molecule has 7 nitrogen and oxygen atoms in total. The number of sulfonamides is 1. The number of halogens is 3. The first-order valence-electron chi connectivity index (χ1n) is 8.12. The van der Waals surface area contributed by atoms with Crippen molar-refractivity contribution in [1.82, 2.24) is 15.1 Å². The van der Waals surface area contributed by atoms with Crippen LogP contribution in [0.1, 0.15) is 35.3 Å². The van der Waals surface area contributed by atoms with Crippen molar-refractivity contribution in [1.29, 1.82) is 0 Å². The minimum absolute atomic E-state index is 0.0190. The Kier molecular flexibility index (Phi) is 4.23. The smallest absolute Gasteiger partial charge is 0.339 e. The molecule has 0 spiro atoms. The molecule has 2 N–H and O–H groups in total. The van der Waals surface area contributed by atoms with Gasteiger partial charge in [-0.1, -0.05) is 17.3 Å². The molecule has 1 aromatic carbocycles. The maximum atomic E-state index is 12.8. The van der Waals surface area contributed by atoms with Crippen LogP contribution in [0.2, 0.25) is 0 Å². The largest absolute Gasteiger partial charge is 0.417 e. The van der Waals surface area contributed by atoms with Crippen molar-refractivity contribution in [2.75, 3.05) is 0 Å². The summed E-state index contributed by atoms with van der Waals surface area (Å²) >= 11 is 0. The van der Waals surface area contributed by atoms with Crippen LogP contribution < -0.4 is 5.14 Å². The fourth-order valence-corrected chi connectivity index (χ4v) is 3.48. The third-order valence-electron chi connectivity index (χ3n) is 4.51. The Hall–Kier alpha value is -2.79. The predicted molar refractivity (Wildman–Crippen MR) is 90.4 cm³/mol. The zero-order valence-electron chi connectivity index (χ0n) is 14.1. The highest BCUT2D eigenvalue weighted by atomic mass is 32.2. The maximum Gasteiger partial charge on any atom is 0.417 e. The first-order valence-corrected chi connectivity index (χ1v) is 9.66. The molecule has 1 aliphatic rings. The quantitative estimate of drug-likeness (QED) is 0.707. The Balaban J connectivity index is 1.52. The highest BCUT2D eigenvalue weighted by Gasteiger charge is 2.44. The van der Waals surface area contributed by atoms with E-state index in [1.165, 1.54) is 18.3 Å². The second-order valence-corrected chi connectivity index (χ2v) is 8.04. The van der Waals surface area contributed by atoms with Crippen LogP contribution in [0.25, 0.3) is 11.4 Å². The molecule has 0 aliphatic heterocycles. The van der Waals surface area contributed by atoms with Gasteiger partial charge in [-0.25, -0.2) is 13.6 Å². The number of aromatic nitrogens is 3. The summed E-state index contributed by atoms with van der Waals surface area (Å²) in [5.41, 5.74) is 0.105. The van der Waals surface area contributed by atoms with E-state index in [-0.39, 0.29) is 28.1 Å². The van der Waals surface area contributed by atoms with Gasteiger partial charge in [0.15, 0.2) is 0 Å². The summed E-state index contributed by atoms with van der Waals surface area (Å²) in [4.78, 5) is 7.80. The van der Waals surface area contributed by atoms with Gasteiger partial charge in [0.1, 0.15) is 0 Å². The lowest BCUT2D eigenvalue weighted by Crippen LogP contribution is -2.11. The van der Waals surface area contributed by atoms with Gasteiger partial charge in [-0.05, 0) is 36.1 Å². The summed E-state index contributed by atoms with van der Waals surface area (Å²) in [5, 5.41) is 8.83. The van der Waals surface area contributed by atoms with E-state index >= 15 is 0 Å². The average Bonchev–Trinajstić information content (AvgIpc) is 3.29. The normalized spacial score (nSPS) is 19.6. The third kappa shape index (κ3) is 3.62. The van der Waals surface area contributed by atoms with Gasteiger partial charge in [-0.2, -0.15) is 18.2 Å². The molecule has 11 heteroatoms. The van der Waals surface area contributed by atoms with Crippen LogP contribution in [0.4, 0.5) is 13.2 Å². The second kappa shape index (κ2) is 6.38. The lowest BCUT2D eigenvalue weighted by Gasteiger charge is -2.05. The molecular formula is C17H13F3N4O3S. The molecule has 28 heavy (non-hydrogen) atoms. The standard InChI is InChI=1S/C17H13F3N4O3S/c18-17(19,20)11-5-10(7-22-8-11)15-23-16(27-24-15)14-6-13(14)9-1-3-12(4-2-9)28(21,25)26/h1-5,7-8,13-14H,6H2,(H2,21,25,26)/t13-,14+/m0/s1. The van der Waals surface area contributed by atoms with Crippen molar-refractivity contribution in [2.45, 2.75) is 29.3 Å². The predicted octanol–water partition coefficient (Wildman–Crippen LogP) is 3.07. The number of hydrogen-bond donors (Lipinski definition) is 1. The fourth-order valence-electron chi connectivity index (χ4n) is 2.96. The Bertz CT molecular complexity index is 1130. The Morgan fingerprint density at radius 1 is 1.11 bits per heavy atom. The second-order valence-electron chi connectivity index (χ2n) is 6.48. The van der Waals surface area contributed by atoms with E-state index in [9.17, 15) is 21.6 Å². The lowest BCUT2D eigenvalue weighted by molar-refractivity contribution is -0.137. The van der Waals surface area contributed by atoms with Crippen molar-refractivity contribution in [3.8, 4) is 11.4 Å². The first-order chi connectivity index (χ1) is 13.1. The lowest BCUT2D eigenvalue weighted by atomic mass is 10.1. The zero-order chi connectivity index (χ0) is 20.1. The first kappa shape index (κ1) is 18.6. The highest BCUT2D eigenvalue weighted by molar-refractivity contribution is 7.89. The van der Waals surface area contributed by atoms with E-state index in [1.807, 2.05) is 0 Å². The number of pyridine rings is 1. The molecular weight excluding hydrogens is 397 g/mol. The van der Waals surface area contributed by atoms with Crippen LogP contribution >= 0.6 is 0 Å². The topological polar surface area (TPSA) is 112 Å². The van der Waals surface area contributed by atoms with Gasteiger partial charge in [0.05, 0.1) is 10.5 Å². The fraction of sp³-hybridized carbons (Fsp3) is 0.235. The molecule has 0 bridgehead atoms. The molecule has 2 aromatic heterocycles. The van der Waals surface area contributed by atoms with Crippen LogP contribution in [0.5, 0.6) is 0 Å². The number of primary sulfonamides is 1. The highest BCUT2D eigenvalue weighted by Crippen LogP contribution is 2.54. The van der Waals surface area contributed by atoms with Gasteiger partial charge >= 0.3 is 6.18 Å². The molecule has 1 fully saturated rings. The summed E-state index contributed by atoms with van der Waals surface area (Å²) in [6.45, 7) is 0. The Morgan fingerprint density at radius 2 is 1.82 bits per heavy atom. The number of rotatable bonds is 4. The summed E-state index contributed by atoms with van der Waals surface area (Å²) in [6, 6.07) is 7.09. The number of benzene rings is 1. The van der Waals surface area contributed by atoms with Crippen molar-refractivity contribution in [3.05, 3.63) is 59.7 Å². The number of alkyl halides is 3. The monoisotopic (exact) mass is 410 g/mol. The summed E-state index contributed by atoms with van der Waals surface area (Å²) in [7, 11) is -3.76. The number of nitrogens with two attached hydrogens (primary N) is 1. The molecule has 0 radical (unpaired) electrons. The molecule has 0 saturated heterocycles. The summed E-state index contributed by atoms with van der Waals surface area (Å²) in [5.74, 6) is 0.319. The molecule has 1 saturated carbocycles. The molecule has 2 heterocycles. The van der Waals surface area contributed by atoms with Crippen LogP contribution in [-0.4, -0.2) is 23.5 Å². The molecule has 146 valence electrons. The van der Waals surface area contributed by atoms with Gasteiger partial charge in [-0.15, -0.1) is 0 Å². The molecule has 0 amide bonds. The number of hydrogen-bond acceptors (Lipinski definition) is 6. The third-order valence-corrected chi connectivity index (χ3v) is 5.44. The maximum absolute atomic E-state index is 12.8. The van der Waals surface area contributed by atoms with Crippen LogP contribution in [0.15, 0.2) is 52.1 Å². The average molecular weight is 410 g/mol. The van der Waals surface area contributed by atoms with Gasteiger partial charge in [0, 0.05) is 23.9 Å². The van der Waals surface area contributed by atoms with E-state index in [2.05, 4.69) is 15.1 Å². The Labute approximate surface area is 157 Å². The SMILES string of the molecule is NS(=O)(=O)c1ccc([C@@H]2C[C@H]2c2nc(-c3cncc(C(F)(F)F)c3)no2)cc1. The van der Waals surface area contributed by atoms with Crippen LogP contribution in [0, 0.1) is 0 Å². The van der Waals surface area contributed by atoms with Gasteiger partial charge < -0.3 is 4.52 Å². The molecule has 4 rings (SSSR count). The molecule has 2 atom stereocenters. The Morgan fingerprint density at radius 3 is 2.46 bits per heavy atom. The van der Waals surface area contributed by atoms with Gasteiger partial charge in [-0.3, -0.25) is 4.98 Å². The van der Waals surface area contributed by atoms with Crippen molar-refractivity contribution < 1.29 is 26.1 Å². The van der Waals surface area contributed by atoms with Crippen molar-refractivity contribution >= 4 is 10.0 Å². The molecule has 1 aliphatic carbocycles. The van der Waals surface area contributed by atoms with Gasteiger partial charge in [0.2, 0.25) is 21.7 Å². The van der Waals surface area contributed by atoms with E-state index in [4.69, 9.17) is 9.66 Å². The van der Waals surface area contributed by atoms with Crippen molar-refractivity contribution in [3.63, 3.8) is 0 Å². The minimum Gasteiger partial charge on any atom is -0.339 e. The summed E-state index contributed by atoms with van der Waals surface area (Å²) in [6.07, 6.45) is -1.84. The van der Waals surface area contributed by atoms with E-state index in [1.54, 1.807) is 12.1 Å². The summed E-state index contributed by atoms with van der Waals surface area (Å²) < 4.78 is 66.3. The van der Waals surface area contributed by atoms with Crippen LogP contribution in [-0.2, 0) is 16.2 Å². The van der Waals surface area contributed by atoms with E-state index in [0.29, 0.717) is 12.3 Å². The van der Waals surface area contributed by atoms with E-state index < -0.39 is 21.8 Å². The van der Waals surface area contributed by atoms with E-state index in [0.717, 1.165) is 17.8 Å². The molecule has 0 unspecified atom stereocenters. The minimum atomic E-state index is -4.51. The zero-order valence-corrected chi connectivity index (χ0v) is 14.9. The molecule has 3 aromatic rings. The van der Waals surface area contributed by atoms with Crippen LogP contribution in [0.3, 0.4) is 0 Å².